The highest BCUT2D eigenvalue weighted by Gasteiger charge is 2.06. The molecule has 1 rings (SSSR count). The average Bonchev–Trinajstić information content (AvgIpc) is 2.26. The quantitative estimate of drug-likeness (QED) is 0.806. The summed E-state index contributed by atoms with van der Waals surface area (Å²) in [7, 11) is -1.06. The van der Waals surface area contributed by atoms with E-state index in [1.807, 2.05) is 19.2 Å². The standard InChI is InChI=1S/C12H20N2O2S/c1-14(10-8-13)9-7-11-3-5-12(6-4-11)17(2,15)16/h3-6H,7-10,13H2,1-2H3. The van der Waals surface area contributed by atoms with Crippen molar-refractivity contribution in [1.29, 1.82) is 0 Å². The number of nitrogens with zero attached hydrogens (tertiary/aromatic N) is 1. The van der Waals surface area contributed by atoms with Gasteiger partial charge in [-0.05, 0) is 31.2 Å². The number of nitrogens with two attached hydrogens (primary N) is 1. The van der Waals surface area contributed by atoms with Gasteiger partial charge in [0.15, 0.2) is 9.84 Å². The Bertz CT molecular complexity index is 440. The maximum atomic E-state index is 11.3. The van der Waals surface area contributed by atoms with Crippen LogP contribution in [0.15, 0.2) is 29.2 Å². The Hall–Kier alpha value is -0.910. The van der Waals surface area contributed by atoms with Crippen molar-refractivity contribution in [3.63, 3.8) is 0 Å². The number of likely N-dealkylation sites (N-methyl/N-ethyl adjacent to an activating group) is 1. The number of hydrogen-bond donors (Lipinski definition) is 1. The van der Waals surface area contributed by atoms with Gasteiger partial charge < -0.3 is 10.6 Å². The first-order valence-electron chi connectivity index (χ1n) is 5.61. The summed E-state index contributed by atoms with van der Waals surface area (Å²) in [6.45, 7) is 2.46. The number of sulfone groups is 1. The lowest BCUT2D eigenvalue weighted by molar-refractivity contribution is 0.348. The van der Waals surface area contributed by atoms with Crippen LogP contribution in [0.4, 0.5) is 0 Å². The molecule has 96 valence electrons. The molecule has 0 amide bonds. The third-order valence-corrected chi connectivity index (χ3v) is 3.77. The van der Waals surface area contributed by atoms with Crippen molar-refractivity contribution in [2.24, 2.45) is 5.73 Å². The maximum absolute atomic E-state index is 11.3. The molecule has 0 radical (unpaired) electrons. The lowest BCUT2D eigenvalue weighted by Crippen LogP contribution is -2.27. The first kappa shape index (κ1) is 14.2. The molecule has 0 fully saturated rings. The molecular weight excluding hydrogens is 236 g/mol. The van der Waals surface area contributed by atoms with Crippen molar-refractivity contribution in [2.45, 2.75) is 11.3 Å². The minimum atomic E-state index is -3.09. The predicted octanol–water partition coefficient (Wildman–Crippen LogP) is 0.523. The normalized spacial score (nSPS) is 12.0. The van der Waals surface area contributed by atoms with Crippen LogP contribution in [0.2, 0.25) is 0 Å². The number of rotatable bonds is 6. The molecule has 1 aromatic carbocycles. The van der Waals surface area contributed by atoms with Crippen molar-refractivity contribution in [3.05, 3.63) is 29.8 Å². The fourth-order valence-electron chi connectivity index (χ4n) is 1.56. The molecule has 2 N–H and O–H groups in total. The Balaban J connectivity index is 2.57. The minimum Gasteiger partial charge on any atom is -0.329 e. The molecule has 0 heterocycles. The molecule has 0 aliphatic carbocycles. The Morgan fingerprint density at radius 1 is 1.18 bits per heavy atom. The topological polar surface area (TPSA) is 63.4 Å². The van der Waals surface area contributed by atoms with E-state index in [1.165, 1.54) is 6.26 Å². The van der Waals surface area contributed by atoms with E-state index in [4.69, 9.17) is 5.73 Å². The first-order valence-corrected chi connectivity index (χ1v) is 7.50. The lowest BCUT2D eigenvalue weighted by Gasteiger charge is -2.15. The van der Waals surface area contributed by atoms with Gasteiger partial charge in [0.05, 0.1) is 4.90 Å². The van der Waals surface area contributed by atoms with E-state index in [0.29, 0.717) is 11.4 Å². The van der Waals surface area contributed by atoms with Gasteiger partial charge in [-0.2, -0.15) is 0 Å². The summed E-state index contributed by atoms with van der Waals surface area (Å²) in [5.41, 5.74) is 6.60. The van der Waals surface area contributed by atoms with Crippen molar-refractivity contribution >= 4 is 9.84 Å². The van der Waals surface area contributed by atoms with Gasteiger partial charge in [0.2, 0.25) is 0 Å². The molecular formula is C12H20N2O2S. The molecule has 0 bridgehead atoms. The van der Waals surface area contributed by atoms with Gasteiger partial charge in [0.25, 0.3) is 0 Å². The fraction of sp³-hybridized carbons (Fsp3) is 0.500. The van der Waals surface area contributed by atoms with Gasteiger partial charge in [0.1, 0.15) is 0 Å². The maximum Gasteiger partial charge on any atom is 0.175 e. The van der Waals surface area contributed by atoms with Crippen LogP contribution in [0.25, 0.3) is 0 Å². The van der Waals surface area contributed by atoms with Gasteiger partial charge in [-0.3, -0.25) is 0 Å². The molecule has 5 heteroatoms. The van der Waals surface area contributed by atoms with E-state index >= 15 is 0 Å². The van der Waals surface area contributed by atoms with Crippen LogP contribution in [-0.4, -0.2) is 46.3 Å². The van der Waals surface area contributed by atoms with E-state index < -0.39 is 9.84 Å². The van der Waals surface area contributed by atoms with E-state index in [-0.39, 0.29) is 0 Å². The SMILES string of the molecule is CN(CCN)CCc1ccc(S(C)(=O)=O)cc1. The highest BCUT2D eigenvalue weighted by Crippen LogP contribution is 2.10. The Labute approximate surface area is 103 Å². The van der Waals surface area contributed by atoms with Gasteiger partial charge in [0, 0.05) is 25.9 Å². The zero-order valence-corrected chi connectivity index (χ0v) is 11.2. The second-order valence-electron chi connectivity index (χ2n) is 4.26. The molecule has 4 nitrogen and oxygen atoms in total. The van der Waals surface area contributed by atoms with Crippen LogP contribution >= 0.6 is 0 Å². The zero-order valence-electron chi connectivity index (χ0n) is 10.4. The fourth-order valence-corrected chi connectivity index (χ4v) is 2.19. The third kappa shape index (κ3) is 4.85. The zero-order chi connectivity index (χ0) is 12.9. The molecule has 0 aromatic heterocycles. The van der Waals surface area contributed by atoms with E-state index in [1.54, 1.807) is 12.1 Å². The predicted molar refractivity (Wildman–Crippen MR) is 69.8 cm³/mol. The lowest BCUT2D eigenvalue weighted by atomic mass is 10.1. The van der Waals surface area contributed by atoms with Crippen LogP contribution in [0, 0.1) is 0 Å². The van der Waals surface area contributed by atoms with Gasteiger partial charge in [-0.1, -0.05) is 12.1 Å². The Morgan fingerprint density at radius 3 is 2.24 bits per heavy atom. The van der Waals surface area contributed by atoms with Crippen LogP contribution < -0.4 is 5.73 Å². The van der Waals surface area contributed by atoms with Gasteiger partial charge >= 0.3 is 0 Å². The van der Waals surface area contributed by atoms with Crippen molar-refractivity contribution in [2.75, 3.05) is 32.9 Å². The van der Waals surface area contributed by atoms with E-state index in [9.17, 15) is 8.42 Å². The van der Waals surface area contributed by atoms with E-state index in [0.717, 1.165) is 25.1 Å². The smallest absolute Gasteiger partial charge is 0.175 e. The molecule has 0 spiro atoms. The van der Waals surface area contributed by atoms with Crippen LogP contribution in [0.3, 0.4) is 0 Å². The largest absolute Gasteiger partial charge is 0.329 e. The molecule has 0 atom stereocenters. The highest BCUT2D eigenvalue weighted by molar-refractivity contribution is 7.90. The number of hydrogen-bond acceptors (Lipinski definition) is 4. The molecule has 17 heavy (non-hydrogen) atoms. The van der Waals surface area contributed by atoms with E-state index in [2.05, 4.69) is 4.90 Å². The summed E-state index contributed by atoms with van der Waals surface area (Å²) < 4.78 is 22.5. The van der Waals surface area contributed by atoms with Crippen LogP contribution in [-0.2, 0) is 16.3 Å². The molecule has 0 aliphatic rings. The Kier molecular flexibility index (Phi) is 5.11. The molecule has 0 aliphatic heterocycles. The highest BCUT2D eigenvalue weighted by atomic mass is 32.2. The second-order valence-corrected chi connectivity index (χ2v) is 6.27. The summed E-state index contributed by atoms with van der Waals surface area (Å²) in [6.07, 6.45) is 2.12. The van der Waals surface area contributed by atoms with Crippen LogP contribution in [0.1, 0.15) is 5.56 Å². The first-order chi connectivity index (χ1) is 7.93. The monoisotopic (exact) mass is 256 g/mol. The third-order valence-electron chi connectivity index (χ3n) is 2.64. The minimum absolute atomic E-state index is 0.372. The molecule has 0 unspecified atom stereocenters. The van der Waals surface area contributed by atoms with Crippen molar-refractivity contribution in [3.8, 4) is 0 Å². The summed E-state index contributed by atoms with van der Waals surface area (Å²) >= 11 is 0. The number of benzene rings is 1. The van der Waals surface area contributed by atoms with Gasteiger partial charge in [-0.15, -0.1) is 0 Å². The van der Waals surface area contributed by atoms with Crippen LogP contribution in [0.5, 0.6) is 0 Å². The van der Waals surface area contributed by atoms with Gasteiger partial charge in [-0.25, -0.2) is 8.42 Å². The summed E-state index contributed by atoms with van der Waals surface area (Å²) in [5, 5.41) is 0. The molecule has 0 saturated heterocycles. The average molecular weight is 256 g/mol. The summed E-state index contributed by atoms with van der Waals surface area (Å²) in [4.78, 5) is 2.53. The summed E-state index contributed by atoms with van der Waals surface area (Å²) in [5.74, 6) is 0. The molecule has 0 saturated carbocycles. The van der Waals surface area contributed by atoms with Crippen molar-refractivity contribution < 1.29 is 8.42 Å². The van der Waals surface area contributed by atoms with Crippen molar-refractivity contribution in [1.82, 2.24) is 4.90 Å². The Morgan fingerprint density at radius 2 is 1.76 bits per heavy atom. The molecule has 1 aromatic rings. The second kappa shape index (κ2) is 6.14. The summed E-state index contributed by atoms with van der Waals surface area (Å²) in [6, 6.07) is 7.06.